The van der Waals surface area contributed by atoms with Gasteiger partial charge in [-0.05, 0) is 36.6 Å². The van der Waals surface area contributed by atoms with Crippen LogP contribution >= 0.6 is 0 Å². The molecule has 4 heteroatoms. The van der Waals surface area contributed by atoms with Gasteiger partial charge < -0.3 is 5.32 Å². The number of aromatic nitrogens is 2. The molecule has 24 heavy (non-hydrogen) atoms. The maximum atomic E-state index is 12.3. The minimum atomic E-state index is -0.118. The van der Waals surface area contributed by atoms with Crippen molar-refractivity contribution in [3.05, 3.63) is 83.2 Å². The first-order chi connectivity index (χ1) is 11.6. The summed E-state index contributed by atoms with van der Waals surface area (Å²) in [6.45, 7) is 4.84. The Morgan fingerprint density at radius 3 is 2.38 bits per heavy atom. The van der Waals surface area contributed by atoms with Gasteiger partial charge in [-0.2, -0.15) is 5.10 Å². The van der Waals surface area contributed by atoms with Crippen molar-refractivity contribution in [1.29, 1.82) is 0 Å². The van der Waals surface area contributed by atoms with Crippen molar-refractivity contribution in [2.24, 2.45) is 0 Å². The molecule has 0 aliphatic carbocycles. The van der Waals surface area contributed by atoms with Crippen LogP contribution in [0.4, 0.5) is 5.69 Å². The first-order valence-corrected chi connectivity index (χ1v) is 8.12. The molecular formula is C20H21N3O. The summed E-state index contributed by atoms with van der Waals surface area (Å²) in [6, 6.07) is 16.0. The minimum absolute atomic E-state index is 0.118. The molecule has 3 aromatic rings. The Balaban J connectivity index is 1.64. The number of nitrogens with one attached hydrogen (secondary N) is 1. The molecule has 122 valence electrons. The lowest BCUT2D eigenvalue weighted by Crippen LogP contribution is -2.11. The zero-order chi connectivity index (χ0) is 16.9. The van der Waals surface area contributed by atoms with E-state index in [0.29, 0.717) is 17.8 Å². The first-order valence-electron chi connectivity index (χ1n) is 8.12. The molecule has 0 unspecified atom stereocenters. The highest BCUT2D eigenvalue weighted by atomic mass is 16.1. The zero-order valence-electron chi connectivity index (χ0n) is 14.0. The molecule has 0 saturated carbocycles. The predicted molar refractivity (Wildman–Crippen MR) is 96.3 cm³/mol. The Labute approximate surface area is 142 Å². The lowest BCUT2D eigenvalue weighted by molar-refractivity contribution is 0.102. The molecule has 3 rings (SSSR count). The summed E-state index contributed by atoms with van der Waals surface area (Å²) in [6.07, 6.45) is 4.48. The molecule has 0 aliphatic rings. The molecule has 0 saturated heterocycles. The van der Waals surface area contributed by atoms with Crippen molar-refractivity contribution in [2.75, 3.05) is 5.32 Å². The second-order valence-electron chi connectivity index (χ2n) is 5.92. The van der Waals surface area contributed by atoms with Crippen molar-refractivity contribution < 1.29 is 4.79 Å². The van der Waals surface area contributed by atoms with Gasteiger partial charge in [0, 0.05) is 11.8 Å². The molecule has 0 atom stereocenters. The number of anilines is 1. The summed E-state index contributed by atoms with van der Waals surface area (Å²) in [7, 11) is 0. The normalized spacial score (nSPS) is 10.6. The van der Waals surface area contributed by atoms with Crippen LogP contribution in [0.25, 0.3) is 0 Å². The Hall–Kier alpha value is -2.88. The van der Waals surface area contributed by atoms with E-state index in [4.69, 9.17) is 0 Å². The van der Waals surface area contributed by atoms with Crippen LogP contribution in [0, 0.1) is 6.92 Å². The van der Waals surface area contributed by atoms with E-state index >= 15 is 0 Å². The fraction of sp³-hybridized carbons (Fsp3) is 0.200. The van der Waals surface area contributed by atoms with Crippen LogP contribution in [0.1, 0.15) is 34.0 Å². The Morgan fingerprint density at radius 2 is 1.71 bits per heavy atom. The van der Waals surface area contributed by atoms with Gasteiger partial charge in [-0.3, -0.25) is 9.48 Å². The van der Waals surface area contributed by atoms with Gasteiger partial charge in [0.25, 0.3) is 5.91 Å². The van der Waals surface area contributed by atoms with Crippen LogP contribution in [0.5, 0.6) is 0 Å². The minimum Gasteiger partial charge on any atom is -0.319 e. The highest BCUT2D eigenvalue weighted by molar-refractivity contribution is 6.04. The molecule has 0 spiro atoms. The number of nitrogens with zero attached hydrogens (tertiary/aromatic N) is 2. The lowest BCUT2D eigenvalue weighted by Gasteiger charge is -2.04. The SMILES string of the molecule is CCc1ccc(C(=O)Nc2cnn(Cc3ccc(C)cc3)c2)cc1. The fourth-order valence-electron chi connectivity index (χ4n) is 2.49. The number of hydrogen-bond donors (Lipinski definition) is 1. The third-order valence-electron chi connectivity index (χ3n) is 3.98. The number of benzene rings is 2. The Morgan fingerprint density at radius 1 is 1.04 bits per heavy atom. The topological polar surface area (TPSA) is 46.9 Å². The summed E-state index contributed by atoms with van der Waals surface area (Å²) in [5.41, 5.74) is 4.99. The van der Waals surface area contributed by atoms with Crippen molar-refractivity contribution in [3.63, 3.8) is 0 Å². The molecule has 0 bridgehead atoms. The van der Waals surface area contributed by atoms with E-state index in [2.05, 4.69) is 48.5 Å². The maximum absolute atomic E-state index is 12.3. The predicted octanol–water partition coefficient (Wildman–Crippen LogP) is 4.05. The second-order valence-corrected chi connectivity index (χ2v) is 5.92. The maximum Gasteiger partial charge on any atom is 0.255 e. The number of carbonyl (C=O) groups excluding carboxylic acids is 1. The van der Waals surface area contributed by atoms with E-state index in [0.717, 1.165) is 6.42 Å². The van der Waals surface area contributed by atoms with Crippen LogP contribution in [0.3, 0.4) is 0 Å². The van der Waals surface area contributed by atoms with Gasteiger partial charge in [-0.1, -0.05) is 48.9 Å². The van der Waals surface area contributed by atoms with Gasteiger partial charge in [-0.15, -0.1) is 0 Å². The number of aryl methyl sites for hydroxylation is 2. The number of rotatable bonds is 5. The number of carbonyl (C=O) groups is 1. The standard InChI is InChI=1S/C20H21N3O/c1-3-16-8-10-18(11-9-16)20(24)22-19-12-21-23(14-19)13-17-6-4-15(2)5-7-17/h4-12,14H,3,13H2,1-2H3,(H,22,24). The van der Waals surface area contributed by atoms with Crippen LogP contribution in [0.2, 0.25) is 0 Å². The van der Waals surface area contributed by atoms with Gasteiger partial charge in [0.1, 0.15) is 0 Å². The highest BCUT2D eigenvalue weighted by Crippen LogP contribution is 2.12. The lowest BCUT2D eigenvalue weighted by atomic mass is 10.1. The summed E-state index contributed by atoms with van der Waals surface area (Å²) in [5, 5.41) is 7.20. The monoisotopic (exact) mass is 319 g/mol. The van der Waals surface area contributed by atoms with Gasteiger partial charge >= 0.3 is 0 Å². The van der Waals surface area contributed by atoms with Crippen molar-refractivity contribution in [3.8, 4) is 0 Å². The highest BCUT2D eigenvalue weighted by Gasteiger charge is 2.07. The van der Waals surface area contributed by atoms with Crippen molar-refractivity contribution in [2.45, 2.75) is 26.8 Å². The van der Waals surface area contributed by atoms with Crippen LogP contribution < -0.4 is 5.32 Å². The van der Waals surface area contributed by atoms with E-state index in [-0.39, 0.29) is 5.91 Å². The van der Waals surface area contributed by atoms with Crippen molar-refractivity contribution in [1.82, 2.24) is 9.78 Å². The summed E-state index contributed by atoms with van der Waals surface area (Å²) in [4.78, 5) is 12.3. The molecular weight excluding hydrogens is 298 g/mol. The van der Waals surface area contributed by atoms with Gasteiger partial charge in [-0.25, -0.2) is 0 Å². The van der Waals surface area contributed by atoms with Crippen molar-refractivity contribution >= 4 is 11.6 Å². The first kappa shape index (κ1) is 16.0. The average Bonchev–Trinajstić information content (AvgIpc) is 3.04. The quantitative estimate of drug-likeness (QED) is 0.771. The molecule has 2 aromatic carbocycles. The smallest absolute Gasteiger partial charge is 0.255 e. The third kappa shape index (κ3) is 3.90. The van der Waals surface area contributed by atoms with Crippen LogP contribution in [0.15, 0.2) is 60.9 Å². The van der Waals surface area contributed by atoms with E-state index in [1.165, 1.54) is 16.7 Å². The number of amides is 1. The van der Waals surface area contributed by atoms with Gasteiger partial charge in [0.05, 0.1) is 18.4 Å². The van der Waals surface area contributed by atoms with E-state index < -0.39 is 0 Å². The average molecular weight is 319 g/mol. The molecule has 1 heterocycles. The van der Waals surface area contributed by atoms with E-state index in [1.807, 2.05) is 35.1 Å². The Bertz CT molecular complexity index is 817. The molecule has 1 amide bonds. The molecule has 4 nitrogen and oxygen atoms in total. The molecule has 1 N–H and O–H groups in total. The second kappa shape index (κ2) is 7.13. The number of hydrogen-bond acceptors (Lipinski definition) is 2. The van der Waals surface area contributed by atoms with Crippen LogP contribution in [-0.2, 0) is 13.0 Å². The van der Waals surface area contributed by atoms with E-state index in [1.54, 1.807) is 6.20 Å². The zero-order valence-corrected chi connectivity index (χ0v) is 14.0. The molecule has 0 aliphatic heterocycles. The van der Waals surface area contributed by atoms with E-state index in [9.17, 15) is 4.79 Å². The molecule has 1 aromatic heterocycles. The summed E-state index contributed by atoms with van der Waals surface area (Å²) < 4.78 is 1.82. The van der Waals surface area contributed by atoms with Crippen LogP contribution in [-0.4, -0.2) is 15.7 Å². The molecule has 0 radical (unpaired) electrons. The summed E-state index contributed by atoms with van der Waals surface area (Å²) in [5.74, 6) is -0.118. The fourth-order valence-corrected chi connectivity index (χ4v) is 2.49. The third-order valence-corrected chi connectivity index (χ3v) is 3.98. The van der Waals surface area contributed by atoms with Gasteiger partial charge in [0.15, 0.2) is 0 Å². The van der Waals surface area contributed by atoms with Gasteiger partial charge in [0.2, 0.25) is 0 Å². The Kier molecular flexibility index (Phi) is 4.75. The summed E-state index contributed by atoms with van der Waals surface area (Å²) >= 11 is 0. The molecule has 0 fully saturated rings. The largest absolute Gasteiger partial charge is 0.319 e.